The Kier molecular flexibility index (Phi) is 4.17. The highest BCUT2D eigenvalue weighted by Crippen LogP contribution is 2.37. The fourth-order valence-electron chi connectivity index (χ4n) is 2.48. The van der Waals surface area contributed by atoms with Crippen LogP contribution in [-0.4, -0.2) is 10.7 Å². The number of hydrogen-bond acceptors (Lipinski definition) is 3. The predicted octanol–water partition coefficient (Wildman–Crippen LogP) is 4.15. The Labute approximate surface area is 123 Å². The fourth-order valence-corrected chi connectivity index (χ4v) is 2.48. The zero-order valence-electron chi connectivity index (χ0n) is 12.1. The molecule has 0 aliphatic carbocycles. The number of nitrogens with zero attached hydrogens (tertiary/aromatic N) is 1. The molecule has 0 N–H and O–H groups in total. The molecule has 0 radical (unpaired) electrons. The van der Waals surface area contributed by atoms with E-state index in [2.05, 4.69) is 0 Å². The number of para-hydroxylation sites is 1. The van der Waals surface area contributed by atoms with E-state index in [1.54, 1.807) is 49.4 Å². The normalized spacial score (nSPS) is 13.4. The summed E-state index contributed by atoms with van der Waals surface area (Å²) in [5.74, 6) is -0.0973. The van der Waals surface area contributed by atoms with Gasteiger partial charge < -0.3 is 0 Å². The molecule has 0 spiro atoms. The zero-order chi connectivity index (χ0) is 15.5. The highest BCUT2D eigenvalue weighted by molar-refractivity contribution is 6.04. The van der Waals surface area contributed by atoms with E-state index in [4.69, 9.17) is 0 Å². The number of Topliss-reactive ketones (excluding diaryl/α,β-unsaturated/α-hetero) is 1. The van der Waals surface area contributed by atoms with E-state index >= 15 is 0 Å². The molecule has 0 saturated carbocycles. The molecule has 4 heteroatoms. The van der Waals surface area contributed by atoms with E-state index in [-0.39, 0.29) is 11.5 Å². The van der Waals surface area contributed by atoms with Crippen LogP contribution in [0.4, 0.5) is 5.69 Å². The van der Waals surface area contributed by atoms with Gasteiger partial charge in [0.15, 0.2) is 5.78 Å². The van der Waals surface area contributed by atoms with Crippen molar-refractivity contribution < 1.29 is 9.72 Å². The third-order valence-corrected chi connectivity index (χ3v) is 3.94. The van der Waals surface area contributed by atoms with Crippen molar-refractivity contribution in [3.05, 3.63) is 75.8 Å². The van der Waals surface area contributed by atoms with Crippen LogP contribution >= 0.6 is 0 Å². The Balaban J connectivity index is 2.57. The first-order valence-corrected chi connectivity index (χ1v) is 6.84. The van der Waals surface area contributed by atoms with Crippen LogP contribution in [0.1, 0.15) is 36.2 Å². The van der Waals surface area contributed by atoms with Gasteiger partial charge in [0, 0.05) is 17.2 Å². The van der Waals surface area contributed by atoms with Gasteiger partial charge in [0.05, 0.1) is 10.3 Å². The van der Waals surface area contributed by atoms with Crippen LogP contribution in [0.3, 0.4) is 0 Å². The molecular weight excluding hydrogens is 266 g/mol. The standard InChI is InChI=1S/C17H17NO3/c1-3-17(2,16(19)13-9-5-4-6-10-13)14-11-7-8-12-15(14)18(20)21/h4-12H,3H2,1-2H3. The van der Waals surface area contributed by atoms with Crippen LogP contribution in [0.5, 0.6) is 0 Å². The molecule has 0 aromatic heterocycles. The third kappa shape index (κ3) is 2.70. The van der Waals surface area contributed by atoms with E-state index < -0.39 is 10.3 Å². The molecule has 2 aromatic carbocycles. The lowest BCUT2D eigenvalue weighted by Gasteiger charge is -2.27. The van der Waals surface area contributed by atoms with E-state index in [1.165, 1.54) is 6.07 Å². The van der Waals surface area contributed by atoms with Crippen molar-refractivity contribution in [3.8, 4) is 0 Å². The van der Waals surface area contributed by atoms with E-state index in [0.717, 1.165) is 0 Å². The second-order valence-electron chi connectivity index (χ2n) is 5.16. The van der Waals surface area contributed by atoms with Crippen LogP contribution in [0.15, 0.2) is 54.6 Å². The molecule has 0 bridgehead atoms. The van der Waals surface area contributed by atoms with E-state index in [1.807, 2.05) is 13.0 Å². The van der Waals surface area contributed by atoms with Gasteiger partial charge in [-0.15, -0.1) is 0 Å². The zero-order valence-corrected chi connectivity index (χ0v) is 12.1. The molecule has 2 rings (SSSR count). The monoisotopic (exact) mass is 283 g/mol. The number of rotatable bonds is 5. The van der Waals surface area contributed by atoms with Crippen molar-refractivity contribution >= 4 is 11.5 Å². The maximum atomic E-state index is 12.9. The minimum atomic E-state index is -0.912. The molecule has 1 atom stereocenters. The first-order chi connectivity index (χ1) is 10.0. The molecule has 0 fully saturated rings. The molecule has 0 amide bonds. The van der Waals surface area contributed by atoms with Crippen molar-refractivity contribution in [2.75, 3.05) is 0 Å². The largest absolute Gasteiger partial charge is 0.293 e. The average molecular weight is 283 g/mol. The second-order valence-corrected chi connectivity index (χ2v) is 5.16. The Morgan fingerprint density at radius 3 is 2.24 bits per heavy atom. The summed E-state index contributed by atoms with van der Waals surface area (Å²) in [4.78, 5) is 23.7. The van der Waals surface area contributed by atoms with Crippen LogP contribution in [0.25, 0.3) is 0 Å². The highest BCUT2D eigenvalue weighted by Gasteiger charge is 2.38. The van der Waals surface area contributed by atoms with Gasteiger partial charge in [-0.2, -0.15) is 0 Å². The van der Waals surface area contributed by atoms with Crippen molar-refractivity contribution in [1.29, 1.82) is 0 Å². The summed E-state index contributed by atoms with van der Waals surface area (Å²) < 4.78 is 0. The van der Waals surface area contributed by atoms with Gasteiger partial charge in [0.2, 0.25) is 0 Å². The third-order valence-electron chi connectivity index (χ3n) is 3.94. The van der Waals surface area contributed by atoms with Crippen LogP contribution < -0.4 is 0 Å². The predicted molar refractivity (Wildman–Crippen MR) is 81.5 cm³/mol. The number of ketones is 1. The summed E-state index contributed by atoms with van der Waals surface area (Å²) in [6, 6.07) is 15.4. The molecular formula is C17H17NO3. The quantitative estimate of drug-likeness (QED) is 0.470. The molecule has 4 nitrogen and oxygen atoms in total. The SMILES string of the molecule is CCC(C)(C(=O)c1ccccc1)c1ccccc1[N+](=O)[O-]. The van der Waals surface area contributed by atoms with Gasteiger partial charge in [0.25, 0.3) is 5.69 Å². The van der Waals surface area contributed by atoms with Crippen molar-refractivity contribution in [3.63, 3.8) is 0 Å². The van der Waals surface area contributed by atoms with E-state index in [9.17, 15) is 14.9 Å². The maximum Gasteiger partial charge on any atom is 0.273 e. The van der Waals surface area contributed by atoms with Gasteiger partial charge in [0.1, 0.15) is 0 Å². The van der Waals surface area contributed by atoms with Gasteiger partial charge in [-0.25, -0.2) is 0 Å². The lowest BCUT2D eigenvalue weighted by Crippen LogP contribution is -2.32. The summed E-state index contributed by atoms with van der Waals surface area (Å²) in [5.41, 5.74) is 0.114. The van der Waals surface area contributed by atoms with Gasteiger partial charge in [-0.3, -0.25) is 14.9 Å². The second kappa shape index (κ2) is 5.87. The topological polar surface area (TPSA) is 60.2 Å². The van der Waals surface area contributed by atoms with Crippen molar-refractivity contribution in [1.82, 2.24) is 0 Å². The molecule has 21 heavy (non-hydrogen) atoms. The Morgan fingerprint density at radius 2 is 1.67 bits per heavy atom. The highest BCUT2D eigenvalue weighted by atomic mass is 16.6. The van der Waals surface area contributed by atoms with Crippen LogP contribution in [0, 0.1) is 10.1 Å². The number of carbonyl (C=O) groups excluding carboxylic acids is 1. The Morgan fingerprint density at radius 1 is 1.10 bits per heavy atom. The maximum absolute atomic E-state index is 12.9. The number of benzene rings is 2. The average Bonchev–Trinajstić information content (AvgIpc) is 2.54. The molecule has 0 heterocycles. The lowest BCUT2D eigenvalue weighted by molar-refractivity contribution is -0.385. The smallest absolute Gasteiger partial charge is 0.273 e. The fraction of sp³-hybridized carbons (Fsp3) is 0.235. The van der Waals surface area contributed by atoms with Crippen molar-refractivity contribution in [2.45, 2.75) is 25.7 Å². The Bertz CT molecular complexity index is 667. The van der Waals surface area contributed by atoms with Crippen molar-refractivity contribution in [2.24, 2.45) is 0 Å². The molecule has 0 aliphatic rings. The molecule has 1 unspecified atom stereocenters. The summed E-state index contributed by atoms with van der Waals surface area (Å²) >= 11 is 0. The summed E-state index contributed by atoms with van der Waals surface area (Å²) in [7, 11) is 0. The number of nitro groups is 1. The van der Waals surface area contributed by atoms with E-state index in [0.29, 0.717) is 17.5 Å². The van der Waals surface area contributed by atoms with Gasteiger partial charge >= 0.3 is 0 Å². The van der Waals surface area contributed by atoms with Crippen LogP contribution in [-0.2, 0) is 5.41 Å². The number of nitro benzene ring substituents is 1. The molecule has 108 valence electrons. The first-order valence-electron chi connectivity index (χ1n) is 6.84. The molecule has 0 saturated heterocycles. The minimum absolute atomic E-state index is 0.00821. The van der Waals surface area contributed by atoms with Crippen LogP contribution in [0.2, 0.25) is 0 Å². The molecule has 0 aliphatic heterocycles. The summed E-state index contributed by atoms with van der Waals surface area (Å²) in [6.07, 6.45) is 0.492. The first kappa shape index (κ1) is 14.9. The number of hydrogen-bond donors (Lipinski definition) is 0. The molecule has 2 aromatic rings. The van der Waals surface area contributed by atoms with Gasteiger partial charge in [-0.1, -0.05) is 55.5 Å². The number of carbonyl (C=O) groups is 1. The summed E-state index contributed by atoms with van der Waals surface area (Å²) in [6.45, 7) is 3.64. The minimum Gasteiger partial charge on any atom is -0.293 e. The Hall–Kier alpha value is -2.49. The lowest BCUT2D eigenvalue weighted by atomic mass is 9.73. The van der Waals surface area contributed by atoms with Gasteiger partial charge in [-0.05, 0) is 13.3 Å². The summed E-state index contributed by atoms with van der Waals surface area (Å²) in [5, 5.41) is 11.2.